The third kappa shape index (κ3) is 3.58. The molecule has 0 aliphatic carbocycles. The predicted molar refractivity (Wildman–Crippen MR) is 84.0 cm³/mol. The van der Waals surface area contributed by atoms with Gasteiger partial charge in [-0.15, -0.1) is 0 Å². The Kier molecular flexibility index (Phi) is 5.28. The van der Waals surface area contributed by atoms with Gasteiger partial charge in [0.25, 0.3) is 0 Å². The Morgan fingerprint density at radius 3 is 2.52 bits per heavy atom. The normalized spacial score (nSPS) is 31.4. The van der Waals surface area contributed by atoms with E-state index in [0.29, 0.717) is 25.2 Å². The molecule has 0 saturated carbocycles. The van der Waals surface area contributed by atoms with Crippen molar-refractivity contribution < 1.29 is 9.53 Å². The van der Waals surface area contributed by atoms with Crippen molar-refractivity contribution in [1.29, 1.82) is 0 Å². The summed E-state index contributed by atoms with van der Waals surface area (Å²) in [4.78, 5) is 17.1. The van der Waals surface area contributed by atoms with E-state index in [0.717, 1.165) is 32.5 Å². The molecule has 2 heterocycles. The van der Waals surface area contributed by atoms with Gasteiger partial charge in [-0.2, -0.15) is 0 Å². The van der Waals surface area contributed by atoms with Crippen LogP contribution in [0.4, 0.5) is 0 Å². The Bertz CT molecular complexity index is 367. The van der Waals surface area contributed by atoms with Crippen LogP contribution in [0.25, 0.3) is 0 Å². The molecular weight excluding hydrogens is 266 g/mol. The highest BCUT2D eigenvalue weighted by Crippen LogP contribution is 2.31. The van der Waals surface area contributed by atoms with Gasteiger partial charge in [-0.05, 0) is 46.6 Å². The van der Waals surface area contributed by atoms with Crippen molar-refractivity contribution >= 4 is 5.91 Å². The van der Waals surface area contributed by atoms with E-state index in [2.05, 4.69) is 25.8 Å². The summed E-state index contributed by atoms with van der Waals surface area (Å²) in [5.41, 5.74) is 5.54. The number of carbonyl (C=O) groups excluding carboxylic acids is 1. The molecule has 2 rings (SSSR count). The Labute approximate surface area is 128 Å². The van der Waals surface area contributed by atoms with Gasteiger partial charge < -0.3 is 20.3 Å². The topological polar surface area (TPSA) is 58.8 Å². The van der Waals surface area contributed by atoms with Crippen LogP contribution in [0.15, 0.2) is 0 Å². The van der Waals surface area contributed by atoms with E-state index in [4.69, 9.17) is 10.5 Å². The number of ether oxygens (including phenoxy) is 1. The van der Waals surface area contributed by atoms with Crippen LogP contribution in [0.2, 0.25) is 0 Å². The van der Waals surface area contributed by atoms with Crippen molar-refractivity contribution in [3.63, 3.8) is 0 Å². The van der Waals surface area contributed by atoms with Crippen LogP contribution in [-0.2, 0) is 9.53 Å². The maximum absolute atomic E-state index is 12.7. The van der Waals surface area contributed by atoms with E-state index < -0.39 is 5.41 Å². The first-order valence-corrected chi connectivity index (χ1v) is 8.17. The summed E-state index contributed by atoms with van der Waals surface area (Å²) < 4.78 is 5.41. The van der Waals surface area contributed by atoms with E-state index in [9.17, 15) is 4.79 Å². The SMILES string of the molecule is CC(C)N(C)CC1CCN(C(=O)C2(C)COCC2N)CC1. The molecule has 2 aliphatic rings. The number of likely N-dealkylation sites (tertiary alicyclic amines) is 1. The molecule has 2 fully saturated rings. The highest BCUT2D eigenvalue weighted by atomic mass is 16.5. The zero-order chi connectivity index (χ0) is 15.6. The molecule has 2 aliphatic heterocycles. The summed E-state index contributed by atoms with van der Waals surface area (Å²) in [6.45, 7) is 10.2. The number of nitrogens with zero attached hydrogens (tertiary/aromatic N) is 2. The maximum Gasteiger partial charge on any atom is 0.232 e. The van der Waals surface area contributed by atoms with E-state index in [1.807, 2.05) is 11.8 Å². The van der Waals surface area contributed by atoms with Gasteiger partial charge in [0, 0.05) is 31.7 Å². The molecule has 21 heavy (non-hydrogen) atoms. The minimum Gasteiger partial charge on any atom is -0.379 e. The zero-order valence-corrected chi connectivity index (χ0v) is 14.0. The highest BCUT2D eigenvalue weighted by molar-refractivity contribution is 5.83. The molecule has 0 aromatic rings. The van der Waals surface area contributed by atoms with Crippen molar-refractivity contribution in [3.05, 3.63) is 0 Å². The van der Waals surface area contributed by atoms with Crippen LogP contribution in [0, 0.1) is 11.3 Å². The van der Waals surface area contributed by atoms with Crippen molar-refractivity contribution in [2.45, 2.75) is 45.7 Å². The van der Waals surface area contributed by atoms with E-state index in [-0.39, 0.29) is 11.9 Å². The first-order valence-electron chi connectivity index (χ1n) is 8.17. The lowest BCUT2D eigenvalue weighted by atomic mass is 9.83. The minimum absolute atomic E-state index is 0.171. The molecule has 1 amide bonds. The first kappa shape index (κ1) is 16.7. The largest absolute Gasteiger partial charge is 0.379 e. The lowest BCUT2D eigenvalue weighted by Crippen LogP contribution is -2.53. The van der Waals surface area contributed by atoms with E-state index >= 15 is 0 Å². The summed E-state index contributed by atoms with van der Waals surface area (Å²) in [5.74, 6) is 0.880. The number of piperidine rings is 1. The molecule has 0 aromatic heterocycles. The van der Waals surface area contributed by atoms with Gasteiger partial charge >= 0.3 is 0 Å². The average molecular weight is 297 g/mol. The zero-order valence-electron chi connectivity index (χ0n) is 14.0. The number of amides is 1. The standard InChI is InChI=1S/C16H31N3O2/c1-12(2)18(4)9-13-5-7-19(8-6-13)15(20)16(3)11-21-10-14(16)17/h12-14H,5-11,17H2,1-4H3. The molecule has 0 bridgehead atoms. The van der Waals surface area contributed by atoms with Gasteiger partial charge in [0.2, 0.25) is 5.91 Å². The summed E-state index contributed by atoms with van der Waals surface area (Å²) in [5, 5.41) is 0. The molecule has 122 valence electrons. The van der Waals surface area contributed by atoms with Crippen molar-refractivity contribution in [3.8, 4) is 0 Å². The summed E-state index contributed by atoms with van der Waals surface area (Å²) in [6.07, 6.45) is 2.18. The van der Waals surface area contributed by atoms with E-state index in [1.54, 1.807) is 0 Å². The lowest BCUT2D eigenvalue weighted by molar-refractivity contribution is -0.143. The minimum atomic E-state index is -0.526. The van der Waals surface area contributed by atoms with Gasteiger partial charge in [0.05, 0.1) is 18.6 Å². The number of nitrogens with two attached hydrogens (primary N) is 1. The quantitative estimate of drug-likeness (QED) is 0.838. The Balaban J connectivity index is 1.85. The Morgan fingerprint density at radius 1 is 1.43 bits per heavy atom. The average Bonchev–Trinajstić information content (AvgIpc) is 2.80. The maximum atomic E-state index is 12.7. The monoisotopic (exact) mass is 297 g/mol. The number of rotatable bonds is 4. The van der Waals surface area contributed by atoms with Crippen LogP contribution in [0.5, 0.6) is 0 Å². The summed E-state index contributed by atoms with van der Waals surface area (Å²) in [6, 6.07) is 0.409. The van der Waals surface area contributed by atoms with Crippen LogP contribution >= 0.6 is 0 Å². The fourth-order valence-corrected chi connectivity index (χ4v) is 3.21. The van der Waals surface area contributed by atoms with Gasteiger partial charge in [-0.1, -0.05) is 0 Å². The lowest BCUT2D eigenvalue weighted by Gasteiger charge is -2.39. The Hall–Kier alpha value is -0.650. The summed E-state index contributed by atoms with van der Waals surface area (Å²) >= 11 is 0. The van der Waals surface area contributed by atoms with Crippen LogP contribution < -0.4 is 5.73 Å². The third-order valence-corrected chi connectivity index (χ3v) is 5.34. The fraction of sp³-hybridized carbons (Fsp3) is 0.938. The molecule has 0 radical (unpaired) electrons. The van der Waals surface area contributed by atoms with Crippen molar-refractivity contribution in [1.82, 2.24) is 9.80 Å². The number of carbonyl (C=O) groups is 1. The molecule has 2 unspecified atom stereocenters. The highest BCUT2D eigenvalue weighted by Gasteiger charge is 2.46. The third-order valence-electron chi connectivity index (χ3n) is 5.34. The van der Waals surface area contributed by atoms with Gasteiger partial charge in [0.15, 0.2) is 0 Å². The van der Waals surface area contributed by atoms with Crippen molar-refractivity contribution in [2.24, 2.45) is 17.1 Å². The molecule has 0 spiro atoms. The second-order valence-corrected chi connectivity index (χ2v) is 7.31. The number of hydrogen-bond donors (Lipinski definition) is 1. The summed E-state index contributed by atoms with van der Waals surface area (Å²) in [7, 11) is 2.18. The van der Waals surface area contributed by atoms with Crippen molar-refractivity contribution in [2.75, 3.05) is 39.9 Å². The van der Waals surface area contributed by atoms with Gasteiger partial charge in [0.1, 0.15) is 0 Å². The molecule has 2 saturated heterocycles. The van der Waals surface area contributed by atoms with Crippen LogP contribution in [0.1, 0.15) is 33.6 Å². The van der Waals surface area contributed by atoms with Crippen LogP contribution in [-0.4, -0.2) is 67.7 Å². The molecule has 2 N–H and O–H groups in total. The first-order chi connectivity index (χ1) is 9.84. The Morgan fingerprint density at radius 2 is 2.05 bits per heavy atom. The fourth-order valence-electron chi connectivity index (χ4n) is 3.21. The molecule has 2 atom stereocenters. The van der Waals surface area contributed by atoms with Gasteiger partial charge in [-0.3, -0.25) is 4.79 Å². The smallest absolute Gasteiger partial charge is 0.232 e. The number of hydrogen-bond acceptors (Lipinski definition) is 4. The molecular formula is C16H31N3O2. The van der Waals surface area contributed by atoms with Gasteiger partial charge in [-0.25, -0.2) is 0 Å². The molecule has 5 heteroatoms. The van der Waals surface area contributed by atoms with E-state index in [1.165, 1.54) is 0 Å². The molecule has 0 aromatic carbocycles. The molecule has 5 nitrogen and oxygen atoms in total. The second-order valence-electron chi connectivity index (χ2n) is 7.31. The van der Waals surface area contributed by atoms with Crippen LogP contribution in [0.3, 0.4) is 0 Å². The second kappa shape index (κ2) is 6.63. The predicted octanol–water partition coefficient (Wildman–Crippen LogP) is 0.929.